The van der Waals surface area contributed by atoms with Gasteiger partial charge in [0.15, 0.2) is 5.78 Å². The first-order valence-corrected chi connectivity index (χ1v) is 3.96. The van der Waals surface area contributed by atoms with Crippen LogP contribution in [0.25, 0.3) is 0 Å². The van der Waals surface area contributed by atoms with E-state index in [0.717, 1.165) is 0 Å². The summed E-state index contributed by atoms with van der Waals surface area (Å²) in [5, 5.41) is 9.25. The van der Waals surface area contributed by atoms with E-state index < -0.39 is 6.10 Å². The zero-order chi connectivity index (χ0) is 9.72. The standard InChI is InChI=1S/C9H16O3.Fe/c1-6(2)8(10)5-9(11)7(3)12-4;/h5-7,11H,1-4H3;/b9-5-;. The summed E-state index contributed by atoms with van der Waals surface area (Å²) in [6.45, 7) is 5.24. The van der Waals surface area contributed by atoms with E-state index in [1.807, 2.05) is 0 Å². The first-order chi connectivity index (χ1) is 5.49. The first-order valence-electron chi connectivity index (χ1n) is 3.96. The normalized spacial score (nSPS) is 13.8. The molecule has 1 unspecified atom stereocenters. The predicted molar refractivity (Wildman–Crippen MR) is 47.0 cm³/mol. The second-order valence-electron chi connectivity index (χ2n) is 3.00. The van der Waals surface area contributed by atoms with Crippen LogP contribution in [-0.2, 0) is 26.6 Å². The molecule has 0 aliphatic rings. The third kappa shape index (κ3) is 5.86. The average molecular weight is 228 g/mol. The number of hydrogen-bond acceptors (Lipinski definition) is 3. The molecule has 0 bridgehead atoms. The molecule has 3 nitrogen and oxygen atoms in total. The first kappa shape index (κ1) is 15.2. The molecule has 0 heterocycles. The largest absolute Gasteiger partial charge is 0.509 e. The monoisotopic (exact) mass is 228 g/mol. The zero-order valence-corrected chi connectivity index (χ0v) is 9.45. The number of hydrogen-bond donors (Lipinski definition) is 1. The van der Waals surface area contributed by atoms with Gasteiger partial charge in [-0.1, -0.05) is 13.8 Å². The summed E-state index contributed by atoms with van der Waals surface area (Å²) in [5.74, 6) is -0.191. The Hall–Kier alpha value is -0.311. The fraction of sp³-hybridized carbons (Fsp3) is 0.667. The summed E-state index contributed by atoms with van der Waals surface area (Å²) in [4.78, 5) is 11.1. The third-order valence-corrected chi connectivity index (χ3v) is 1.63. The van der Waals surface area contributed by atoms with Crippen LogP contribution in [0.15, 0.2) is 11.8 Å². The summed E-state index contributed by atoms with van der Waals surface area (Å²) in [6.07, 6.45) is 0.812. The van der Waals surface area contributed by atoms with Crippen molar-refractivity contribution < 1.29 is 31.7 Å². The van der Waals surface area contributed by atoms with E-state index in [0.29, 0.717) is 0 Å². The minimum atomic E-state index is -0.410. The van der Waals surface area contributed by atoms with Gasteiger partial charge in [0.1, 0.15) is 11.9 Å². The number of methoxy groups -OCH3 is 1. The number of carbonyl (C=O) groups excluding carboxylic acids is 1. The Labute approximate surface area is 89.6 Å². The van der Waals surface area contributed by atoms with Crippen molar-refractivity contribution in [3.63, 3.8) is 0 Å². The maximum atomic E-state index is 11.1. The van der Waals surface area contributed by atoms with Gasteiger partial charge in [-0.15, -0.1) is 0 Å². The Kier molecular flexibility index (Phi) is 8.32. The van der Waals surface area contributed by atoms with Crippen LogP contribution in [0.5, 0.6) is 0 Å². The van der Waals surface area contributed by atoms with Crippen LogP contribution in [0.3, 0.4) is 0 Å². The number of carbonyl (C=O) groups is 1. The molecule has 4 heteroatoms. The molecule has 0 saturated carbocycles. The van der Waals surface area contributed by atoms with Gasteiger partial charge in [-0.2, -0.15) is 0 Å². The van der Waals surface area contributed by atoms with Crippen LogP contribution in [-0.4, -0.2) is 24.1 Å². The van der Waals surface area contributed by atoms with Crippen molar-refractivity contribution in [2.24, 2.45) is 5.92 Å². The molecule has 78 valence electrons. The smallest absolute Gasteiger partial charge is 0.161 e. The number of aliphatic hydroxyl groups is 1. The van der Waals surface area contributed by atoms with Gasteiger partial charge in [-0.3, -0.25) is 4.79 Å². The Morgan fingerprint density at radius 1 is 1.38 bits per heavy atom. The molecular formula is C9H16FeO3. The van der Waals surface area contributed by atoms with Gasteiger partial charge < -0.3 is 9.84 Å². The number of rotatable bonds is 4. The fourth-order valence-electron chi connectivity index (χ4n) is 0.551. The fourth-order valence-corrected chi connectivity index (χ4v) is 0.551. The molecule has 1 atom stereocenters. The van der Waals surface area contributed by atoms with E-state index in [-0.39, 0.29) is 34.5 Å². The molecule has 0 rings (SSSR count). The molecule has 0 saturated heterocycles. The summed E-state index contributed by atoms with van der Waals surface area (Å²) in [5.41, 5.74) is 0. The van der Waals surface area contributed by atoms with E-state index >= 15 is 0 Å². The van der Waals surface area contributed by atoms with Crippen LogP contribution < -0.4 is 0 Å². The van der Waals surface area contributed by atoms with E-state index in [9.17, 15) is 9.90 Å². The molecular weight excluding hydrogens is 212 g/mol. The average Bonchev–Trinajstić information content (AvgIpc) is 2.02. The Bertz CT molecular complexity index is 187. The molecule has 13 heavy (non-hydrogen) atoms. The minimum absolute atomic E-state index is 0. The van der Waals surface area contributed by atoms with Gasteiger partial charge in [0, 0.05) is 36.2 Å². The van der Waals surface area contributed by atoms with E-state index in [2.05, 4.69) is 0 Å². The second-order valence-corrected chi connectivity index (χ2v) is 3.00. The third-order valence-electron chi connectivity index (χ3n) is 1.63. The van der Waals surface area contributed by atoms with Gasteiger partial charge in [0.05, 0.1) is 0 Å². The van der Waals surface area contributed by atoms with Crippen LogP contribution in [0.1, 0.15) is 20.8 Å². The summed E-state index contributed by atoms with van der Waals surface area (Å²) in [7, 11) is 1.48. The van der Waals surface area contributed by atoms with E-state index in [4.69, 9.17) is 4.74 Å². The van der Waals surface area contributed by atoms with Crippen molar-refractivity contribution in [1.82, 2.24) is 0 Å². The SMILES string of the molecule is COC(C)/C(O)=C/C(=O)C(C)C.[Fe]. The number of aliphatic hydroxyl groups excluding tert-OH is 1. The predicted octanol–water partition coefficient (Wildman–Crippen LogP) is 1.69. The van der Waals surface area contributed by atoms with Crippen molar-refractivity contribution in [1.29, 1.82) is 0 Å². The molecule has 0 aromatic heterocycles. The molecule has 0 amide bonds. The van der Waals surface area contributed by atoms with Crippen molar-refractivity contribution in [2.45, 2.75) is 26.9 Å². The van der Waals surface area contributed by atoms with Crippen LogP contribution in [0.2, 0.25) is 0 Å². The van der Waals surface area contributed by atoms with Gasteiger partial charge in [-0.25, -0.2) is 0 Å². The van der Waals surface area contributed by atoms with Gasteiger partial charge in [0.25, 0.3) is 0 Å². The van der Waals surface area contributed by atoms with Crippen molar-refractivity contribution in [3.05, 3.63) is 11.8 Å². The number of ketones is 1. The Morgan fingerprint density at radius 2 is 1.85 bits per heavy atom. The Morgan fingerprint density at radius 3 is 2.15 bits per heavy atom. The molecule has 0 aromatic rings. The summed E-state index contributed by atoms with van der Waals surface area (Å²) >= 11 is 0. The number of allylic oxidation sites excluding steroid dienone is 1. The maximum Gasteiger partial charge on any atom is 0.161 e. The van der Waals surface area contributed by atoms with Crippen LogP contribution in [0, 0.1) is 5.92 Å². The molecule has 0 fully saturated rings. The molecule has 1 N–H and O–H groups in total. The van der Waals surface area contributed by atoms with Gasteiger partial charge in [-0.05, 0) is 6.92 Å². The van der Waals surface area contributed by atoms with E-state index in [1.54, 1.807) is 20.8 Å². The zero-order valence-electron chi connectivity index (χ0n) is 8.35. The van der Waals surface area contributed by atoms with Crippen LogP contribution >= 0.6 is 0 Å². The summed E-state index contributed by atoms with van der Waals surface area (Å²) in [6, 6.07) is 0. The van der Waals surface area contributed by atoms with Gasteiger partial charge >= 0.3 is 0 Å². The van der Waals surface area contributed by atoms with Gasteiger partial charge in [0.2, 0.25) is 0 Å². The molecule has 0 aromatic carbocycles. The van der Waals surface area contributed by atoms with E-state index in [1.165, 1.54) is 13.2 Å². The van der Waals surface area contributed by atoms with Crippen molar-refractivity contribution in [2.75, 3.05) is 7.11 Å². The van der Waals surface area contributed by atoms with Crippen molar-refractivity contribution in [3.8, 4) is 0 Å². The molecule has 0 radical (unpaired) electrons. The topological polar surface area (TPSA) is 46.5 Å². The number of ether oxygens (including phenoxy) is 1. The Balaban J connectivity index is 0. The second kappa shape index (κ2) is 7.13. The molecule has 0 aliphatic carbocycles. The maximum absolute atomic E-state index is 11.1. The van der Waals surface area contributed by atoms with Crippen molar-refractivity contribution >= 4 is 5.78 Å². The molecule has 0 spiro atoms. The van der Waals surface area contributed by atoms with Crippen LogP contribution in [0.4, 0.5) is 0 Å². The summed E-state index contributed by atoms with van der Waals surface area (Å²) < 4.78 is 4.82. The minimum Gasteiger partial charge on any atom is -0.509 e. The quantitative estimate of drug-likeness (QED) is 0.452. The molecule has 0 aliphatic heterocycles.